The van der Waals surface area contributed by atoms with Gasteiger partial charge in [0.25, 0.3) is 10.0 Å². The van der Waals surface area contributed by atoms with E-state index in [0.717, 1.165) is 18.8 Å². The largest absolute Gasteiger partial charge is 0.378 e. The summed E-state index contributed by atoms with van der Waals surface area (Å²) < 4.78 is 33.2. The van der Waals surface area contributed by atoms with Gasteiger partial charge in [0.15, 0.2) is 0 Å². The number of hydrogen-bond acceptors (Lipinski definition) is 4. The Morgan fingerprint density at radius 2 is 1.78 bits per heavy atom. The lowest BCUT2D eigenvalue weighted by atomic mass is 10.2. The molecule has 1 aliphatic rings. The van der Waals surface area contributed by atoms with Gasteiger partial charge in [-0.1, -0.05) is 29.8 Å². The predicted molar refractivity (Wildman–Crippen MR) is 91.7 cm³/mol. The summed E-state index contributed by atoms with van der Waals surface area (Å²) in [7, 11) is -3.69. The SMILES string of the molecule is O=S(=O)(Nc1ccccc1N1CCOCC1)c1cccc(Cl)c1. The zero-order valence-corrected chi connectivity index (χ0v) is 14.0. The molecule has 0 bridgehead atoms. The Hall–Kier alpha value is -1.76. The Labute approximate surface area is 140 Å². The zero-order valence-electron chi connectivity index (χ0n) is 12.4. The number of anilines is 2. The summed E-state index contributed by atoms with van der Waals surface area (Å²) in [6, 6.07) is 13.6. The molecule has 2 aromatic rings. The molecule has 1 saturated heterocycles. The van der Waals surface area contributed by atoms with E-state index in [1.54, 1.807) is 24.3 Å². The summed E-state index contributed by atoms with van der Waals surface area (Å²) in [5.74, 6) is 0. The Kier molecular flexibility index (Phi) is 4.75. The normalized spacial score (nSPS) is 15.4. The van der Waals surface area contributed by atoms with E-state index in [2.05, 4.69) is 9.62 Å². The maximum atomic E-state index is 12.6. The molecule has 1 aliphatic heterocycles. The van der Waals surface area contributed by atoms with E-state index in [1.165, 1.54) is 12.1 Å². The third-order valence-corrected chi connectivity index (χ3v) is 5.20. The summed E-state index contributed by atoms with van der Waals surface area (Å²) in [5.41, 5.74) is 1.40. The summed E-state index contributed by atoms with van der Waals surface area (Å²) in [6.45, 7) is 2.73. The van der Waals surface area contributed by atoms with Gasteiger partial charge in [-0.3, -0.25) is 4.72 Å². The second-order valence-corrected chi connectivity index (χ2v) is 7.30. The fourth-order valence-electron chi connectivity index (χ4n) is 2.48. The quantitative estimate of drug-likeness (QED) is 0.919. The van der Waals surface area contributed by atoms with Gasteiger partial charge in [0.1, 0.15) is 0 Å². The summed E-state index contributed by atoms with van der Waals surface area (Å²) in [5, 5.41) is 0.384. The molecule has 1 fully saturated rings. The molecule has 0 aliphatic carbocycles. The van der Waals surface area contributed by atoms with Crippen LogP contribution in [0, 0.1) is 0 Å². The number of benzene rings is 2. The number of para-hydroxylation sites is 2. The van der Waals surface area contributed by atoms with Crippen LogP contribution in [-0.2, 0) is 14.8 Å². The second kappa shape index (κ2) is 6.78. The molecule has 0 aromatic heterocycles. The number of hydrogen-bond donors (Lipinski definition) is 1. The highest BCUT2D eigenvalue weighted by atomic mass is 35.5. The molecule has 23 heavy (non-hydrogen) atoms. The lowest BCUT2D eigenvalue weighted by molar-refractivity contribution is 0.123. The number of morpholine rings is 1. The molecule has 3 rings (SSSR count). The Morgan fingerprint density at radius 1 is 1.04 bits per heavy atom. The molecule has 7 heteroatoms. The number of nitrogens with zero attached hydrogens (tertiary/aromatic N) is 1. The Balaban J connectivity index is 1.90. The van der Waals surface area contributed by atoms with Crippen molar-refractivity contribution in [2.24, 2.45) is 0 Å². The van der Waals surface area contributed by atoms with Crippen molar-refractivity contribution >= 4 is 33.0 Å². The summed E-state index contributed by atoms with van der Waals surface area (Å²) >= 11 is 5.89. The van der Waals surface area contributed by atoms with Gasteiger partial charge in [-0.05, 0) is 30.3 Å². The number of halogens is 1. The molecule has 122 valence electrons. The minimum Gasteiger partial charge on any atom is -0.378 e. The summed E-state index contributed by atoms with van der Waals surface area (Å²) in [4.78, 5) is 2.25. The smallest absolute Gasteiger partial charge is 0.262 e. The van der Waals surface area contributed by atoms with Crippen molar-refractivity contribution in [3.63, 3.8) is 0 Å². The Morgan fingerprint density at radius 3 is 2.52 bits per heavy atom. The molecule has 0 unspecified atom stereocenters. The van der Waals surface area contributed by atoms with Crippen molar-refractivity contribution in [1.82, 2.24) is 0 Å². The van der Waals surface area contributed by atoms with E-state index < -0.39 is 10.0 Å². The van der Waals surface area contributed by atoms with E-state index in [4.69, 9.17) is 16.3 Å². The number of ether oxygens (including phenoxy) is 1. The van der Waals surface area contributed by atoms with Crippen LogP contribution in [0.4, 0.5) is 11.4 Å². The summed E-state index contributed by atoms with van der Waals surface area (Å²) in [6.07, 6.45) is 0. The van der Waals surface area contributed by atoms with Crippen molar-refractivity contribution in [3.8, 4) is 0 Å². The molecule has 0 spiro atoms. The van der Waals surface area contributed by atoms with E-state index in [1.807, 2.05) is 12.1 Å². The molecule has 0 amide bonds. The van der Waals surface area contributed by atoms with E-state index in [9.17, 15) is 8.42 Å². The second-order valence-electron chi connectivity index (χ2n) is 5.18. The number of sulfonamides is 1. The van der Waals surface area contributed by atoms with Crippen molar-refractivity contribution in [2.45, 2.75) is 4.90 Å². The van der Waals surface area contributed by atoms with Crippen LogP contribution in [0.5, 0.6) is 0 Å². The highest BCUT2D eigenvalue weighted by Gasteiger charge is 2.19. The van der Waals surface area contributed by atoms with Gasteiger partial charge in [-0.25, -0.2) is 8.42 Å². The van der Waals surface area contributed by atoms with Crippen molar-refractivity contribution in [2.75, 3.05) is 35.9 Å². The van der Waals surface area contributed by atoms with Gasteiger partial charge in [-0.15, -0.1) is 0 Å². The monoisotopic (exact) mass is 352 g/mol. The molecule has 5 nitrogen and oxygen atoms in total. The molecule has 1 N–H and O–H groups in total. The van der Waals surface area contributed by atoms with Crippen LogP contribution in [0.15, 0.2) is 53.4 Å². The van der Waals surface area contributed by atoms with Crippen molar-refractivity contribution in [3.05, 3.63) is 53.6 Å². The van der Waals surface area contributed by atoms with Gasteiger partial charge >= 0.3 is 0 Å². The highest BCUT2D eigenvalue weighted by Crippen LogP contribution is 2.29. The average Bonchev–Trinajstić information content (AvgIpc) is 2.56. The third-order valence-electron chi connectivity index (χ3n) is 3.61. The fraction of sp³-hybridized carbons (Fsp3) is 0.250. The average molecular weight is 353 g/mol. The minimum atomic E-state index is -3.69. The van der Waals surface area contributed by atoms with Crippen LogP contribution in [0.3, 0.4) is 0 Å². The maximum Gasteiger partial charge on any atom is 0.262 e. The maximum absolute atomic E-state index is 12.6. The first-order valence-corrected chi connectivity index (χ1v) is 9.12. The standard InChI is InChI=1S/C16H17ClN2O3S/c17-13-4-3-5-14(12-13)23(20,21)18-15-6-1-2-7-16(15)19-8-10-22-11-9-19/h1-7,12,18H,8-11H2. The predicted octanol–water partition coefficient (Wildman–Crippen LogP) is 2.98. The van der Waals surface area contributed by atoms with Gasteiger partial charge in [0, 0.05) is 18.1 Å². The highest BCUT2D eigenvalue weighted by molar-refractivity contribution is 7.92. The first-order valence-electron chi connectivity index (χ1n) is 7.26. The van der Waals surface area contributed by atoms with Crippen LogP contribution in [0.2, 0.25) is 5.02 Å². The van der Waals surface area contributed by atoms with Crippen LogP contribution >= 0.6 is 11.6 Å². The van der Waals surface area contributed by atoms with Crippen LogP contribution < -0.4 is 9.62 Å². The number of rotatable bonds is 4. The minimum absolute atomic E-state index is 0.141. The molecule has 1 heterocycles. The molecule has 0 atom stereocenters. The van der Waals surface area contributed by atoms with Gasteiger partial charge < -0.3 is 9.64 Å². The zero-order chi connectivity index (χ0) is 16.3. The van der Waals surface area contributed by atoms with Crippen LogP contribution in [0.25, 0.3) is 0 Å². The van der Waals surface area contributed by atoms with Crippen LogP contribution in [-0.4, -0.2) is 34.7 Å². The molecule has 0 radical (unpaired) electrons. The molecular weight excluding hydrogens is 336 g/mol. The third kappa shape index (κ3) is 3.77. The van der Waals surface area contributed by atoms with Crippen molar-refractivity contribution < 1.29 is 13.2 Å². The Bertz CT molecular complexity index is 789. The van der Waals surface area contributed by atoms with E-state index in [-0.39, 0.29) is 4.90 Å². The van der Waals surface area contributed by atoms with Crippen LogP contribution in [0.1, 0.15) is 0 Å². The van der Waals surface area contributed by atoms with Crippen molar-refractivity contribution in [1.29, 1.82) is 0 Å². The van der Waals surface area contributed by atoms with Gasteiger partial charge in [-0.2, -0.15) is 0 Å². The molecule has 2 aromatic carbocycles. The first kappa shape index (κ1) is 16.1. The lowest BCUT2D eigenvalue weighted by Gasteiger charge is -2.30. The fourth-order valence-corrected chi connectivity index (χ4v) is 3.85. The van der Waals surface area contributed by atoms with Gasteiger partial charge in [0.05, 0.1) is 29.5 Å². The van der Waals surface area contributed by atoms with E-state index >= 15 is 0 Å². The lowest BCUT2D eigenvalue weighted by Crippen LogP contribution is -2.36. The number of nitrogens with one attached hydrogen (secondary N) is 1. The topological polar surface area (TPSA) is 58.6 Å². The van der Waals surface area contributed by atoms with Gasteiger partial charge in [0.2, 0.25) is 0 Å². The molecule has 0 saturated carbocycles. The molecular formula is C16H17ClN2O3S. The first-order chi connectivity index (χ1) is 11.1. The van der Waals surface area contributed by atoms with E-state index in [0.29, 0.717) is 23.9 Å².